The summed E-state index contributed by atoms with van der Waals surface area (Å²) in [5, 5.41) is 3.53. The number of ether oxygens (including phenoxy) is 1. The molecule has 1 aliphatic heterocycles. The Hall–Kier alpha value is -0.640. The second kappa shape index (κ2) is 6.34. The van der Waals surface area contributed by atoms with E-state index in [0.29, 0.717) is 5.92 Å². The molecule has 1 fully saturated rings. The van der Waals surface area contributed by atoms with Crippen LogP contribution in [0.5, 0.6) is 0 Å². The van der Waals surface area contributed by atoms with Crippen LogP contribution in [-0.2, 0) is 11.3 Å². The van der Waals surface area contributed by atoms with Crippen LogP contribution < -0.4 is 5.32 Å². The molecule has 0 bridgehead atoms. The van der Waals surface area contributed by atoms with Crippen LogP contribution in [0, 0.1) is 11.7 Å². The van der Waals surface area contributed by atoms with Crippen molar-refractivity contribution in [2.45, 2.75) is 19.4 Å². The van der Waals surface area contributed by atoms with Crippen molar-refractivity contribution in [3.05, 3.63) is 34.6 Å². The minimum absolute atomic E-state index is 0.188. The topological polar surface area (TPSA) is 21.3 Å². The summed E-state index contributed by atoms with van der Waals surface area (Å²) >= 11 is 5.71. The van der Waals surface area contributed by atoms with E-state index in [2.05, 4.69) is 5.32 Å². The standard InChI is InChI=1S/C13H17ClFNO/c14-12-7-11(1-2-13(12)15)8-16-5-3-10-4-6-17-9-10/h1-2,7,10,16H,3-6,8-9H2. The highest BCUT2D eigenvalue weighted by Gasteiger charge is 2.14. The van der Waals surface area contributed by atoms with Gasteiger partial charge in [0.15, 0.2) is 0 Å². The van der Waals surface area contributed by atoms with Crippen molar-refractivity contribution in [3.63, 3.8) is 0 Å². The molecule has 1 unspecified atom stereocenters. The molecule has 1 heterocycles. The molecule has 1 aliphatic rings. The van der Waals surface area contributed by atoms with Crippen molar-refractivity contribution >= 4 is 11.6 Å². The van der Waals surface area contributed by atoms with E-state index in [1.807, 2.05) is 0 Å². The number of benzene rings is 1. The molecular weight excluding hydrogens is 241 g/mol. The first-order chi connectivity index (χ1) is 8.25. The van der Waals surface area contributed by atoms with Gasteiger partial charge in [-0.15, -0.1) is 0 Å². The fraction of sp³-hybridized carbons (Fsp3) is 0.538. The van der Waals surface area contributed by atoms with Crippen molar-refractivity contribution in [3.8, 4) is 0 Å². The Labute approximate surface area is 106 Å². The molecule has 0 saturated carbocycles. The molecule has 1 aromatic rings. The SMILES string of the molecule is Fc1ccc(CNCCC2CCOC2)cc1Cl. The van der Waals surface area contributed by atoms with Gasteiger partial charge < -0.3 is 10.1 Å². The molecule has 0 spiro atoms. The molecule has 94 valence electrons. The second-order valence-electron chi connectivity index (χ2n) is 4.44. The highest BCUT2D eigenvalue weighted by atomic mass is 35.5. The maximum Gasteiger partial charge on any atom is 0.141 e. The predicted octanol–water partition coefficient (Wildman–Crippen LogP) is 3.00. The molecule has 4 heteroatoms. The Balaban J connectivity index is 1.68. The highest BCUT2D eigenvalue weighted by molar-refractivity contribution is 6.30. The largest absolute Gasteiger partial charge is 0.381 e. The highest BCUT2D eigenvalue weighted by Crippen LogP contribution is 2.17. The normalized spacial score (nSPS) is 19.8. The zero-order chi connectivity index (χ0) is 12.1. The van der Waals surface area contributed by atoms with Crippen LogP contribution in [0.3, 0.4) is 0 Å². The number of rotatable bonds is 5. The summed E-state index contributed by atoms with van der Waals surface area (Å²) < 4.78 is 18.2. The van der Waals surface area contributed by atoms with E-state index in [0.717, 1.165) is 38.3 Å². The first-order valence-corrected chi connectivity index (χ1v) is 6.36. The predicted molar refractivity (Wildman–Crippen MR) is 66.7 cm³/mol. The fourth-order valence-electron chi connectivity index (χ4n) is 2.00. The summed E-state index contributed by atoms with van der Waals surface area (Å²) in [7, 11) is 0. The summed E-state index contributed by atoms with van der Waals surface area (Å²) in [6.07, 6.45) is 2.30. The average Bonchev–Trinajstić information content (AvgIpc) is 2.82. The van der Waals surface area contributed by atoms with E-state index >= 15 is 0 Å². The monoisotopic (exact) mass is 257 g/mol. The van der Waals surface area contributed by atoms with Gasteiger partial charge in [0.1, 0.15) is 5.82 Å². The Morgan fingerprint density at radius 3 is 3.06 bits per heavy atom. The maximum absolute atomic E-state index is 12.9. The number of hydrogen-bond acceptors (Lipinski definition) is 2. The van der Waals surface area contributed by atoms with Gasteiger partial charge in [0.25, 0.3) is 0 Å². The molecule has 17 heavy (non-hydrogen) atoms. The summed E-state index contributed by atoms with van der Waals surface area (Å²) in [4.78, 5) is 0. The lowest BCUT2D eigenvalue weighted by Gasteiger charge is -2.09. The third-order valence-electron chi connectivity index (χ3n) is 3.07. The Bertz CT molecular complexity index is 366. The molecule has 1 aromatic carbocycles. The summed E-state index contributed by atoms with van der Waals surface area (Å²) in [5.41, 5.74) is 1.01. The number of halogens is 2. The molecule has 1 atom stereocenters. The number of nitrogens with one attached hydrogen (secondary N) is 1. The van der Waals surface area contributed by atoms with Crippen LogP contribution in [0.4, 0.5) is 4.39 Å². The minimum atomic E-state index is -0.362. The first kappa shape index (κ1) is 12.8. The minimum Gasteiger partial charge on any atom is -0.381 e. The lowest BCUT2D eigenvalue weighted by atomic mass is 10.1. The third kappa shape index (κ3) is 3.95. The molecule has 2 nitrogen and oxygen atoms in total. The smallest absolute Gasteiger partial charge is 0.141 e. The number of hydrogen-bond donors (Lipinski definition) is 1. The van der Waals surface area contributed by atoms with Crippen molar-refractivity contribution in [2.75, 3.05) is 19.8 Å². The summed E-state index contributed by atoms with van der Waals surface area (Å²) in [5.74, 6) is 0.331. The van der Waals surface area contributed by atoms with Gasteiger partial charge in [-0.1, -0.05) is 17.7 Å². The first-order valence-electron chi connectivity index (χ1n) is 5.98. The van der Waals surface area contributed by atoms with E-state index < -0.39 is 0 Å². The van der Waals surface area contributed by atoms with Gasteiger partial charge in [-0.3, -0.25) is 0 Å². The van der Waals surface area contributed by atoms with Gasteiger partial charge in [-0.2, -0.15) is 0 Å². The fourth-order valence-corrected chi connectivity index (χ4v) is 2.20. The van der Waals surface area contributed by atoms with Gasteiger partial charge >= 0.3 is 0 Å². The van der Waals surface area contributed by atoms with Crippen LogP contribution >= 0.6 is 11.6 Å². The van der Waals surface area contributed by atoms with Gasteiger partial charge in [-0.05, 0) is 43.0 Å². The lowest BCUT2D eigenvalue weighted by molar-refractivity contribution is 0.184. The van der Waals surface area contributed by atoms with E-state index in [1.165, 1.54) is 12.5 Å². The Kier molecular flexibility index (Phi) is 4.77. The molecular formula is C13H17ClFNO. The van der Waals surface area contributed by atoms with Crippen molar-refractivity contribution in [1.82, 2.24) is 5.32 Å². The van der Waals surface area contributed by atoms with Crippen LogP contribution in [0.25, 0.3) is 0 Å². The second-order valence-corrected chi connectivity index (χ2v) is 4.85. The average molecular weight is 258 g/mol. The van der Waals surface area contributed by atoms with E-state index in [9.17, 15) is 4.39 Å². The Morgan fingerprint density at radius 2 is 2.35 bits per heavy atom. The summed E-state index contributed by atoms with van der Waals surface area (Å²) in [6, 6.07) is 4.83. The van der Waals surface area contributed by atoms with Crippen LogP contribution in [0.1, 0.15) is 18.4 Å². The zero-order valence-corrected chi connectivity index (χ0v) is 10.5. The molecule has 0 amide bonds. The van der Waals surface area contributed by atoms with E-state index in [1.54, 1.807) is 12.1 Å². The zero-order valence-electron chi connectivity index (χ0n) is 9.72. The molecule has 1 N–H and O–H groups in total. The van der Waals surface area contributed by atoms with Crippen molar-refractivity contribution in [2.24, 2.45) is 5.92 Å². The van der Waals surface area contributed by atoms with Gasteiger partial charge in [0.2, 0.25) is 0 Å². The van der Waals surface area contributed by atoms with E-state index in [-0.39, 0.29) is 10.8 Å². The Morgan fingerprint density at radius 1 is 1.47 bits per heavy atom. The third-order valence-corrected chi connectivity index (χ3v) is 3.36. The molecule has 0 aliphatic carbocycles. The van der Waals surface area contributed by atoms with Crippen LogP contribution in [0.15, 0.2) is 18.2 Å². The van der Waals surface area contributed by atoms with Gasteiger partial charge in [-0.25, -0.2) is 4.39 Å². The lowest BCUT2D eigenvalue weighted by Crippen LogP contribution is -2.18. The van der Waals surface area contributed by atoms with Crippen molar-refractivity contribution < 1.29 is 9.13 Å². The maximum atomic E-state index is 12.9. The quantitative estimate of drug-likeness (QED) is 0.819. The molecule has 2 rings (SSSR count). The van der Waals surface area contributed by atoms with Gasteiger partial charge in [0.05, 0.1) is 5.02 Å². The summed E-state index contributed by atoms with van der Waals surface area (Å²) in [6.45, 7) is 3.49. The van der Waals surface area contributed by atoms with Crippen LogP contribution in [-0.4, -0.2) is 19.8 Å². The van der Waals surface area contributed by atoms with E-state index in [4.69, 9.17) is 16.3 Å². The van der Waals surface area contributed by atoms with Gasteiger partial charge in [0, 0.05) is 19.8 Å². The molecule has 0 aromatic heterocycles. The van der Waals surface area contributed by atoms with Crippen molar-refractivity contribution in [1.29, 1.82) is 0 Å². The molecule has 1 saturated heterocycles. The van der Waals surface area contributed by atoms with Crippen LogP contribution in [0.2, 0.25) is 5.02 Å². The molecule has 0 radical (unpaired) electrons.